The van der Waals surface area contributed by atoms with Gasteiger partial charge in [0.15, 0.2) is 0 Å². The number of halogens is 1. The number of hydrogen-bond donors (Lipinski definition) is 3. The lowest BCUT2D eigenvalue weighted by Crippen LogP contribution is -2.19. The van der Waals surface area contributed by atoms with E-state index in [0.717, 1.165) is 5.56 Å². The summed E-state index contributed by atoms with van der Waals surface area (Å²) in [6.07, 6.45) is 0.246. The van der Waals surface area contributed by atoms with Crippen molar-refractivity contribution in [2.45, 2.75) is 6.42 Å². The highest BCUT2D eigenvalue weighted by atomic mass is 19.1. The number of H-pyrrole nitrogens is 1. The molecule has 2 aromatic carbocycles. The van der Waals surface area contributed by atoms with Gasteiger partial charge in [-0.1, -0.05) is 12.1 Å². The number of aromatic nitrogens is 3. The summed E-state index contributed by atoms with van der Waals surface area (Å²) in [5.74, 6) is -0.699. The molecule has 3 aromatic rings. The van der Waals surface area contributed by atoms with Crippen molar-refractivity contribution in [2.75, 3.05) is 5.32 Å². The highest BCUT2D eigenvalue weighted by Gasteiger charge is 2.07. The van der Waals surface area contributed by atoms with Crippen LogP contribution in [0.15, 0.2) is 53.3 Å². The van der Waals surface area contributed by atoms with Gasteiger partial charge in [0.05, 0.1) is 0 Å². The van der Waals surface area contributed by atoms with Crippen molar-refractivity contribution in [3.8, 4) is 0 Å². The Balaban J connectivity index is 1.74. The zero-order valence-corrected chi connectivity index (χ0v) is 13.0. The average molecular weight is 339 g/mol. The number of nitrogens with one attached hydrogen (secondary N) is 2. The highest BCUT2D eigenvalue weighted by molar-refractivity contribution is 5.93. The lowest BCUT2D eigenvalue weighted by Gasteiger charge is -2.06. The number of primary amides is 1. The number of hydrogen-bond acceptors (Lipinski definition) is 5. The third kappa shape index (κ3) is 4.05. The number of benzene rings is 2. The van der Waals surface area contributed by atoms with Gasteiger partial charge >= 0.3 is 0 Å². The lowest BCUT2D eigenvalue weighted by atomic mass is 10.1. The van der Waals surface area contributed by atoms with Crippen molar-refractivity contribution < 1.29 is 9.18 Å². The number of anilines is 2. The molecule has 0 atom stereocenters. The van der Waals surface area contributed by atoms with E-state index in [1.807, 2.05) is 0 Å². The number of rotatable bonds is 5. The summed E-state index contributed by atoms with van der Waals surface area (Å²) in [4.78, 5) is 25.7. The third-order valence-electron chi connectivity index (χ3n) is 3.48. The number of carbonyl (C=O) groups is 1. The van der Waals surface area contributed by atoms with Crippen LogP contribution in [0.2, 0.25) is 0 Å². The molecule has 0 bridgehead atoms. The number of nitrogens with zero attached hydrogens (tertiary/aromatic N) is 2. The van der Waals surface area contributed by atoms with Crippen LogP contribution >= 0.6 is 0 Å². The SMILES string of the molecule is NC(=O)c1ccc(Nc2nnc(Cc3ccc(F)cc3)c(=O)[nH]2)cc1. The molecule has 3 rings (SSSR count). The Morgan fingerprint density at radius 1 is 1.08 bits per heavy atom. The second-order valence-corrected chi connectivity index (χ2v) is 5.32. The Hall–Kier alpha value is -3.55. The van der Waals surface area contributed by atoms with Gasteiger partial charge in [-0.05, 0) is 42.0 Å². The smallest absolute Gasteiger partial charge is 0.274 e. The van der Waals surface area contributed by atoms with Gasteiger partial charge in [0, 0.05) is 17.7 Å². The van der Waals surface area contributed by atoms with Crippen molar-refractivity contribution in [3.05, 3.63) is 81.5 Å². The second kappa shape index (κ2) is 6.91. The van der Waals surface area contributed by atoms with Crippen LogP contribution in [-0.2, 0) is 6.42 Å². The first-order valence-electron chi connectivity index (χ1n) is 7.38. The molecular formula is C17H14FN5O2. The normalized spacial score (nSPS) is 10.4. The summed E-state index contributed by atoms with van der Waals surface area (Å²) < 4.78 is 12.9. The maximum Gasteiger partial charge on any atom is 0.274 e. The summed E-state index contributed by atoms with van der Waals surface area (Å²) in [5.41, 5.74) is 6.75. The van der Waals surface area contributed by atoms with Crippen molar-refractivity contribution in [2.24, 2.45) is 5.73 Å². The molecule has 0 spiro atoms. The van der Waals surface area contributed by atoms with Gasteiger partial charge in [-0.25, -0.2) is 4.39 Å². The third-order valence-corrected chi connectivity index (χ3v) is 3.48. The van der Waals surface area contributed by atoms with Gasteiger partial charge in [-0.2, -0.15) is 0 Å². The van der Waals surface area contributed by atoms with Crippen LogP contribution in [0.3, 0.4) is 0 Å². The van der Waals surface area contributed by atoms with E-state index in [1.54, 1.807) is 36.4 Å². The summed E-state index contributed by atoms with van der Waals surface area (Å²) in [6.45, 7) is 0. The van der Waals surface area contributed by atoms with Crippen LogP contribution in [0.1, 0.15) is 21.6 Å². The molecule has 7 nitrogen and oxygen atoms in total. The minimum atomic E-state index is -0.523. The predicted molar refractivity (Wildman–Crippen MR) is 90.1 cm³/mol. The zero-order valence-electron chi connectivity index (χ0n) is 13.0. The molecule has 0 aliphatic rings. The van der Waals surface area contributed by atoms with E-state index >= 15 is 0 Å². The number of amides is 1. The largest absolute Gasteiger partial charge is 0.366 e. The van der Waals surface area contributed by atoms with E-state index in [-0.39, 0.29) is 23.9 Å². The van der Waals surface area contributed by atoms with Crippen LogP contribution in [0.25, 0.3) is 0 Å². The van der Waals surface area contributed by atoms with E-state index in [1.165, 1.54) is 12.1 Å². The Morgan fingerprint density at radius 2 is 1.76 bits per heavy atom. The molecule has 1 amide bonds. The van der Waals surface area contributed by atoms with Gasteiger partial charge in [0.1, 0.15) is 11.5 Å². The number of aromatic amines is 1. The predicted octanol–water partition coefficient (Wildman–Crippen LogP) is 1.74. The van der Waals surface area contributed by atoms with E-state index in [2.05, 4.69) is 20.5 Å². The highest BCUT2D eigenvalue weighted by Crippen LogP contribution is 2.13. The Bertz CT molecular complexity index is 952. The topological polar surface area (TPSA) is 114 Å². The molecule has 25 heavy (non-hydrogen) atoms. The molecule has 0 saturated heterocycles. The molecule has 0 fully saturated rings. The van der Waals surface area contributed by atoms with E-state index in [4.69, 9.17) is 5.73 Å². The van der Waals surface area contributed by atoms with E-state index in [9.17, 15) is 14.0 Å². The van der Waals surface area contributed by atoms with Crippen LogP contribution < -0.4 is 16.6 Å². The van der Waals surface area contributed by atoms with Crippen molar-refractivity contribution >= 4 is 17.5 Å². The lowest BCUT2D eigenvalue weighted by molar-refractivity contribution is 0.100. The molecule has 4 N–H and O–H groups in total. The maximum absolute atomic E-state index is 12.9. The van der Waals surface area contributed by atoms with Gasteiger partial charge < -0.3 is 11.1 Å². The molecule has 0 aliphatic heterocycles. The maximum atomic E-state index is 12.9. The van der Waals surface area contributed by atoms with Crippen molar-refractivity contribution in [3.63, 3.8) is 0 Å². The number of carbonyl (C=O) groups excluding carboxylic acids is 1. The van der Waals surface area contributed by atoms with Gasteiger partial charge in [0.25, 0.3) is 5.56 Å². The van der Waals surface area contributed by atoms with Crippen LogP contribution in [-0.4, -0.2) is 21.1 Å². The van der Waals surface area contributed by atoms with Crippen molar-refractivity contribution in [1.29, 1.82) is 0 Å². The van der Waals surface area contributed by atoms with E-state index in [0.29, 0.717) is 11.3 Å². The zero-order chi connectivity index (χ0) is 17.8. The summed E-state index contributed by atoms with van der Waals surface area (Å²) in [6, 6.07) is 12.2. The fraction of sp³-hybridized carbons (Fsp3) is 0.0588. The quantitative estimate of drug-likeness (QED) is 0.655. The second-order valence-electron chi connectivity index (χ2n) is 5.32. The van der Waals surface area contributed by atoms with Gasteiger partial charge in [0.2, 0.25) is 11.9 Å². The Kier molecular flexibility index (Phi) is 4.51. The number of nitrogens with two attached hydrogens (primary N) is 1. The molecule has 8 heteroatoms. The molecule has 0 radical (unpaired) electrons. The van der Waals surface area contributed by atoms with Gasteiger partial charge in [-0.15, -0.1) is 10.2 Å². The first-order chi connectivity index (χ1) is 12.0. The first kappa shape index (κ1) is 16.3. The molecule has 1 aromatic heterocycles. The summed E-state index contributed by atoms with van der Waals surface area (Å²) in [5, 5.41) is 10.7. The molecular weight excluding hydrogens is 325 g/mol. The fourth-order valence-electron chi connectivity index (χ4n) is 2.18. The molecule has 0 saturated carbocycles. The molecule has 0 aliphatic carbocycles. The Morgan fingerprint density at radius 3 is 2.36 bits per heavy atom. The monoisotopic (exact) mass is 339 g/mol. The van der Waals surface area contributed by atoms with Gasteiger partial charge in [-0.3, -0.25) is 14.6 Å². The first-order valence-corrected chi connectivity index (χ1v) is 7.38. The molecule has 0 unspecified atom stereocenters. The summed E-state index contributed by atoms with van der Waals surface area (Å²) in [7, 11) is 0. The minimum absolute atomic E-state index is 0.166. The van der Waals surface area contributed by atoms with Crippen LogP contribution in [0.5, 0.6) is 0 Å². The Labute approximate surface area is 141 Å². The molecule has 1 heterocycles. The van der Waals surface area contributed by atoms with Crippen molar-refractivity contribution in [1.82, 2.24) is 15.2 Å². The van der Waals surface area contributed by atoms with Crippen LogP contribution in [0, 0.1) is 5.82 Å². The molecule has 126 valence electrons. The fourth-order valence-corrected chi connectivity index (χ4v) is 2.18. The van der Waals surface area contributed by atoms with E-state index < -0.39 is 11.5 Å². The van der Waals surface area contributed by atoms with Crippen LogP contribution in [0.4, 0.5) is 16.0 Å². The standard InChI is InChI=1S/C17H14FN5O2/c18-12-5-1-10(2-6-12)9-14-16(25)21-17(23-22-14)20-13-7-3-11(4-8-13)15(19)24/h1-8H,9H2,(H2,19,24)(H2,20,21,23,25). The average Bonchev–Trinajstić information content (AvgIpc) is 2.60. The summed E-state index contributed by atoms with van der Waals surface area (Å²) >= 11 is 0. The minimum Gasteiger partial charge on any atom is -0.366 e.